The van der Waals surface area contributed by atoms with Crippen LogP contribution in [-0.4, -0.2) is 29.8 Å². The van der Waals surface area contributed by atoms with Gasteiger partial charge in [-0.2, -0.15) is 0 Å². The number of imidazole rings is 1. The number of rotatable bonds is 7. The summed E-state index contributed by atoms with van der Waals surface area (Å²) >= 11 is 1.80. The van der Waals surface area contributed by atoms with Gasteiger partial charge in [-0.15, -0.1) is 11.3 Å². The average molecular weight is 301 g/mol. The third kappa shape index (κ3) is 3.50. The SMILES string of the molecule is COCCNCc1cn(Cc2csc3ccccc23)cn1. The van der Waals surface area contributed by atoms with Crippen molar-refractivity contribution in [1.29, 1.82) is 0 Å². The zero-order chi connectivity index (χ0) is 14.5. The number of nitrogens with one attached hydrogen (secondary N) is 1. The Balaban J connectivity index is 1.64. The van der Waals surface area contributed by atoms with Crippen LogP contribution in [0, 0.1) is 0 Å². The van der Waals surface area contributed by atoms with E-state index in [4.69, 9.17) is 4.74 Å². The molecule has 2 aromatic heterocycles. The summed E-state index contributed by atoms with van der Waals surface area (Å²) in [5.74, 6) is 0. The van der Waals surface area contributed by atoms with Crippen molar-refractivity contribution in [3.05, 3.63) is 53.4 Å². The number of methoxy groups -OCH3 is 1. The third-order valence-corrected chi connectivity index (χ3v) is 4.40. The summed E-state index contributed by atoms with van der Waals surface area (Å²) in [4.78, 5) is 4.44. The van der Waals surface area contributed by atoms with Gasteiger partial charge in [0, 0.05) is 37.6 Å². The predicted molar refractivity (Wildman–Crippen MR) is 86.7 cm³/mol. The third-order valence-electron chi connectivity index (χ3n) is 3.39. The first-order valence-corrected chi connectivity index (χ1v) is 7.90. The van der Waals surface area contributed by atoms with Crippen molar-refractivity contribution in [2.75, 3.05) is 20.3 Å². The van der Waals surface area contributed by atoms with Gasteiger partial charge in [0.15, 0.2) is 0 Å². The maximum absolute atomic E-state index is 5.01. The standard InChI is InChI=1S/C16H19N3OS/c1-20-7-6-17-8-14-10-19(12-18-14)9-13-11-21-16-5-3-2-4-15(13)16/h2-5,10-12,17H,6-9H2,1H3. The van der Waals surface area contributed by atoms with E-state index < -0.39 is 0 Å². The Hall–Kier alpha value is -1.69. The number of hydrogen-bond donors (Lipinski definition) is 1. The summed E-state index contributed by atoms with van der Waals surface area (Å²) < 4.78 is 8.49. The number of fused-ring (bicyclic) bond motifs is 1. The monoisotopic (exact) mass is 301 g/mol. The van der Waals surface area contributed by atoms with Crippen LogP contribution in [0.3, 0.4) is 0 Å². The molecule has 4 nitrogen and oxygen atoms in total. The summed E-state index contributed by atoms with van der Waals surface area (Å²) in [7, 11) is 1.71. The zero-order valence-electron chi connectivity index (χ0n) is 12.1. The van der Waals surface area contributed by atoms with Gasteiger partial charge in [0.1, 0.15) is 0 Å². The highest BCUT2D eigenvalue weighted by atomic mass is 32.1. The zero-order valence-corrected chi connectivity index (χ0v) is 12.9. The molecule has 0 aliphatic rings. The average Bonchev–Trinajstić information content (AvgIpc) is 3.12. The fraction of sp³-hybridized carbons (Fsp3) is 0.312. The number of benzene rings is 1. The molecule has 2 heterocycles. The number of thiophene rings is 1. The quantitative estimate of drug-likeness (QED) is 0.682. The van der Waals surface area contributed by atoms with Crippen molar-refractivity contribution in [1.82, 2.24) is 14.9 Å². The molecule has 0 bridgehead atoms. The van der Waals surface area contributed by atoms with Crippen molar-refractivity contribution >= 4 is 21.4 Å². The van der Waals surface area contributed by atoms with Crippen LogP contribution >= 0.6 is 11.3 Å². The fourth-order valence-electron chi connectivity index (χ4n) is 2.33. The van der Waals surface area contributed by atoms with Crippen molar-refractivity contribution in [2.45, 2.75) is 13.1 Å². The Labute approximate surface area is 128 Å². The molecule has 3 aromatic rings. The Morgan fingerprint density at radius 1 is 1.33 bits per heavy atom. The molecule has 0 aliphatic carbocycles. The van der Waals surface area contributed by atoms with Crippen LogP contribution in [0.5, 0.6) is 0 Å². The first-order valence-electron chi connectivity index (χ1n) is 7.02. The van der Waals surface area contributed by atoms with Gasteiger partial charge in [0.05, 0.1) is 18.6 Å². The molecule has 3 rings (SSSR count). The van der Waals surface area contributed by atoms with E-state index in [1.54, 1.807) is 18.4 Å². The maximum atomic E-state index is 5.01. The van der Waals surface area contributed by atoms with E-state index in [-0.39, 0.29) is 0 Å². The van der Waals surface area contributed by atoms with Crippen LogP contribution in [0.1, 0.15) is 11.3 Å². The lowest BCUT2D eigenvalue weighted by Gasteiger charge is -2.02. The minimum atomic E-state index is 0.724. The van der Waals surface area contributed by atoms with Gasteiger partial charge in [-0.1, -0.05) is 18.2 Å². The highest BCUT2D eigenvalue weighted by Crippen LogP contribution is 2.26. The number of hydrogen-bond acceptors (Lipinski definition) is 4. The van der Waals surface area contributed by atoms with Gasteiger partial charge >= 0.3 is 0 Å². The molecule has 0 spiro atoms. The van der Waals surface area contributed by atoms with E-state index in [0.29, 0.717) is 0 Å². The Bertz CT molecular complexity index is 704. The molecule has 21 heavy (non-hydrogen) atoms. The predicted octanol–water partition coefficient (Wildman–Crippen LogP) is 2.88. The lowest BCUT2D eigenvalue weighted by atomic mass is 10.2. The molecule has 0 saturated heterocycles. The highest BCUT2D eigenvalue weighted by molar-refractivity contribution is 7.17. The molecular formula is C16H19N3OS. The van der Waals surface area contributed by atoms with E-state index in [1.165, 1.54) is 15.6 Å². The normalized spacial score (nSPS) is 11.3. The summed E-state index contributed by atoms with van der Waals surface area (Å²) in [5, 5.41) is 6.89. The molecule has 0 aliphatic heterocycles. The molecule has 0 amide bonds. The Morgan fingerprint density at radius 2 is 2.24 bits per heavy atom. The first kappa shape index (κ1) is 14.3. The fourth-order valence-corrected chi connectivity index (χ4v) is 3.28. The Morgan fingerprint density at radius 3 is 3.14 bits per heavy atom. The minimum Gasteiger partial charge on any atom is -0.383 e. The van der Waals surface area contributed by atoms with Crippen LogP contribution in [0.4, 0.5) is 0 Å². The lowest BCUT2D eigenvalue weighted by molar-refractivity contribution is 0.199. The molecule has 0 radical (unpaired) electrons. The first-order chi connectivity index (χ1) is 10.4. The minimum absolute atomic E-state index is 0.724. The molecule has 1 N–H and O–H groups in total. The van der Waals surface area contributed by atoms with Gasteiger partial charge in [0.25, 0.3) is 0 Å². The van der Waals surface area contributed by atoms with Gasteiger partial charge in [-0.3, -0.25) is 0 Å². The largest absolute Gasteiger partial charge is 0.383 e. The number of aromatic nitrogens is 2. The second-order valence-electron chi connectivity index (χ2n) is 4.96. The van der Waals surface area contributed by atoms with Crippen LogP contribution < -0.4 is 5.32 Å². The molecular weight excluding hydrogens is 282 g/mol. The van der Waals surface area contributed by atoms with E-state index >= 15 is 0 Å². The topological polar surface area (TPSA) is 39.1 Å². The number of nitrogens with zero attached hydrogens (tertiary/aromatic N) is 2. The number of ether oxygens (including phenoxy) is 1. The van der Waals surface area contributed by atoms with Crippen LogP contribution in [-0.2, 0) is 17.8 Å². The van der Waals surface area contributed by atoms with Crippen molar-refractivity contribution in [3.8, 4) is 0 Å². The van der Waals surface area contributed by atoms with Gasteiger partial charge < -0.3 is 14.6 Å². The summed E-state index contributed by atoms with van der Waals surface area (Å²) in [6.07, 6.45) is 4.01. The van der Waals surface area contributed by atoms with Crippen molar-refractivity contribution < 1.29 is 4.74 Å². The van der Waals surface area contributed by atoms with Gasteiger partial charge in [0.2, 0.25) is 0 Å². The van der Waals surface area contributed by atoms with Gasteiger partial charge in [-0.05, 0) is 22.4 Å². The second kappa shape index (κ2) is 6.85. The molecule has 110 valence electrons. The van der Waals surface area contributed by atoms with Crippen LogP contribution in [0.15, 0.2) is 42.2 Å². The Kier molecular flexibility index (Phi) is 4.65. The van der Waals surface area contributed by atoms with E-state index in [1.807, 2.05) is 6.33 Å². The molecule has 1 aromatic carbocycles. The lowest BCUT2D eigenvalue weighted by Crippen LogP contribution is -2.18. The van der Waals surface area contributed by atoms with Crippen LogP contribution in [0.25, 0.3) is 10.1 Å². The molecule has 0 fully saturated rings. The smallest absolute Gasteiger partial charge is 0.0953 e. The van der Waals surface area contributed by atoms with E-state index in [9.17, 15) is 0 Å². The van der Waals surface area contributed by atoms with Crippen molar-refractivity contribution in [3.63, 3.8) is 0 Å². The summed E-state index contributed by atoms with van der Waals surface area (Å²) in [6.45, 7) is 3.22. The van der Waals surface area contributed by atoms with E-state index in [2.05, 4.69) is 50.7 Å². The molecule has 0 unspecified atom stereocenters. The van der Waals surface area contributed by atoms with E-state index in [0.717, 1.165) is 31.9 Å². The highest BCUT2D eigenvalue weighted by Gasteiger charge is 2.05. The van der Waals surface area contributed by atoms with Crippen LogP contribution in [0.2, 0.25) is 0 Å². The molecule has 5 heteroatoms. The second-order valence-corrected chi connectivity index (χ2v) is 5.88. The summed E-state index contributed by atoms with van der Waals surface area (Å²) in [5.41, 5.74) is 2.41. The van der Waals surface area contributed by atoms with Gasteiger partial charge in [-0.25, -0.2) is 4.98 Å². The van der Waals surface area contributed by atoms with Crippen molar-refractivity contribution in [2.24, 2.45) is 0 Å². The maximum Gasteiger partial charge on any atom is 0.0953 e. The molecule has 0 atom stereocenters. The summed E-state index contributed by atoms with van der Waals surface area (Å²) in [6, 6.07) is 8.54. The molecule has 0 saturated carbocycles.